The van der Waals surface area contributed by atoms with Crippen molar-refractivity contribution in [3.8, 4) is 6.07 Å². The molecular weight excluding hydrogens is 277 g/mol. The van der Waals surface area contributed by atoms with Crippen molar-refractivity contribution >= 4 is 27.4 Å². The van der Waals surface area contributed by atoms with Crippen LogP contribution in [0, 0.1) is 17.1 Å². The average Bonchev–Trinajstić information content (AvgIpc) is 2.85. The summed E-state index contributed by atoms with van der Waals surface area (Å²) in [6, 6.07) is 5.10. The van der Waals surface area contributed by atoms with Crippen LogP contribution in [0.15, 0.2) is 12.1 Å². The first-order valence-corrected chi connectivity index (χ1v) is 7.14. The van der Waals surface area contributed by atoms with Crippen LogP contribution in [0.25, 0.3) is 10.1 Å². The molecule has 0 aliphatic heterocycles. The Bertz CT molecular complexity index is 713. The van der Waals surface area contributed by atoms with Gasteiger partial charge in [-0.05, 0) is 30.5 Å². The molecule has 1 heterocycles. The number of benzene rings is 1. The fourth-order valence-electron chi connectivity index (χ4n) is 2.00. The zero-order valence-corrected chi connectivity index (χ0v) is 12.3. The molecule has 0 atom stereocenters. The maximum Gasteiger partial charge on any atom is 0.348 e. The third-order valence-corrected chi connectivity index (χ3v) is 4.13. The fourth-order valence-corrected chi connectivity index (χ4v) is 3.01. The highest BCUT2D eigenvalue weighted by atomic mass is 32.1. The molecule has 3 nitrogen and oxygen atoms in total. The van der Waals surface area contributed by atoms with Crippen molar-refractivity contribution in [2.75, 3.05) is 6.61 Å². The first kappa shape index (κ1) is 14.5. The molecule has 1 aromatic heterocycles. The smallest absolute Gasteiger partial charge is 0.348 e. The second kappa shape index (κ2) is 5.59. The molecule has 0 N–H and O–H groups in total. The largest absolute Gasteiger partial charge is 0.462 e. The number of nitrogens with zero attached hydrogens (tertiary/aromatic N) is 1. The maximum atomic E-state index is 14.4. The van der Waals surface area contributed by atoms with E-state index in [0.717, 1.165) is 11.3 Å². The molecule has 104 valence electrons. The average molecular weight is 291 g/mol. The lowest BCUT2D eigenvalue weighted by atomic mass is 9.98. The monoisotopic (exact) mass is 291 g/mol. The summed E-state index contributed by atoms with van der Waals surface area (Å²) < 4.78 is 19.9. The van der Waals surface area contributed by atoms with Crippen LogP contribution in [0.1, 0.15) is 47.5 Å². The zero-order chi connectivity index (χ0) is 14.9. The number of halogens is 1. The number of carbonyl (C=O) groups excluding carboxylic acids is 1. The molecular formula is C15H14FNO2S. The van der Waals surface area contributed by atoms with Crippen molar-refractivity contribution in [2.24, 2.45) is 0 Å². The number of carbonyl (C=O) groups is 1. The van der Waals surface area contributed by atoms with Crippen LogP contribution in [0.5, 0.6) is 0 Å². The minimum atomic E-state index is -0.483. The van der Waals surface area contributed by atoms with Crippen LogP contribution in [0.3, 0.4) is 0 Å². The van der Waals surface area contributed by atoms with Gasteiger partial charge in [0, 0.05) is 5.39 Å². The van der Waals surface area contributed by atoms with Crippen molar-refractivity contribution in [1.82, 2.24) is 0 Å². The standard InChI is InChI=1S/C15H14FNO2S/c1-4-19-15(18)12-6-11-13(16)10(8(2)3)5-9(7-17)14(11)20-12/h5-6,8H,4H2,1-3H3. The molecule has 0 fully saturated rings. The normalized spacial score (nSPS) is 10.8. The Kier molecular flexibility index (Phi) is 4.05. The third kappa shape index (κ3) is 2.39. The van der Waals surface area contributed by atoms with Gasteiger partial charge in [-0.3, -0.25) is 0 Å². The van der Waals surface area contributed by atoms with Gasteiger partial charge in [-0.25, -0.2) is 9.18 Å². The van der Waals surface area contributed by atoms with Crippen molar-refractivity contribution in [3.05, 3.63) is 34.0 Å². The van der Waals surface area contributed by atoms with Gasteiger partial charge >= 0.3 is 5.97 Å². The molecule has 0 radical (unpaired) electrons. The number of rotatable bonds is 3. The highest BCUT2D eigenvalue weighted by Crippen LogP contribution is 2.35. The molecule has 0 aliphatic carbocycles. The second-order valence-electron chi connectivity index (χ2n) is 4.67. The quantitative estimate of drug-likeness (QED) is 0.796. The van der Waals surface area contributed by atoms with Gasteiger partial charge in [0.05, 0.1) is 16.9 Å². The Balaban J connectivity index is 2.70. The molecule has 0 saturated carbocycles. The molecule has 0 unspecified atom stereocenters. The Morgan fingerprint density at radius 1 is 1.50 bits per heavy atom. The summed E-state index contributed by atoms with van der Waals surface area (Å²) in [4.78, 5) is 12.0. The summed E-state index contributed by atoms with van der Waals surface area (Å²) in [6.45, 7) is 5.70. The summed E-state index contributed by atoms with van der Waals surface area (Å²) in [7, 11) is 0. The van der Waals surface area contributed by atoms with Crippen molar-refractivity contribution in [3.63, 3.8) is 0 Å². The molecule has 5 heteroatoms. The van der Waals surface area contributed by atoms with Gasteiger partial charge in [0.25, 0.3) is 0 Å². The molecule has 1 aromatic carbocycles. The van der Waals surface area contributed by atoms with Gasteiger partial charge in [-0.15, -0.1) is 11.3 Å². The SMILES string of the molecule is CCOC(=O)c1cc2c(F)c(C(C)C)cc(C#N)c2s1. The van der Waals surface area contributed by atoms with Gasteiger partial charge in [0.1, 0.15) is 16.8 Å². The van der Waals surface area contributed by atoms with E-state index in [4.69, 9.17) is 4.74 Å². The highest BCUT2D eigenvalue weighted by molar-refractivity contribution is 7.21. The number of nitriles is 1. The lowest BCUT2D eigenvalue weighted by Crippen LogP contribution is -2.01. The number of esters is 1. The van der Waals surface area contributed by atoms with Crippen LogP contribution >= 0.6 is 11.3 Å². The molecule has 0 amide bonds. The fraction of sp³-hybridized carbons (Fsp3) is 0.333. The molecule has 0 spiro atoms. The van der Waals surface area contributed by atoms with Crippen molar-refractivity contribution < 1.29 is 13.9 Å². The zero-order valence-electron chi connectivity index (χ0n) is 11.5. The van der Waals surface area contributed by atoms with Crippen LogP contribution in [0.4, 0.5) is 4.39 Å². The summed E-state index contributed by atoms with van der Waals surface area (Å²) >= 11 is 1.09. The van der Waals surface area contributed by atoms with Gasteiger partial charge in [-0.2, -0.15) is 5.26 Å². The molecule has 0 aliphatic rings. The van der Waals surface area contributed by atoms with Crippen LogP contribution < -0.4 is 0 Å². The van der Waals surface area contributed by atoms with Crippen LogP contribution in [-0.4, -0.2) is 12.6 Å². The minimum absolute atomic E-state index is 0.0301. The number of ether oxygens (including phenoxy) is 1. The number of thiophene rings is 1. The minimum Gasteiger partial charge on any atom is -0.462 e. The Morgan fingerprint density at radius 2 is 2.20 bits per heavy atom. The van der Waals surface area contributed by atoms with E-state index < -0.39 is 5.97 Å². The van der Waals surface area contributed by atoms with Crippen molar-refractivity contribution in [2.45, 2.75) is 26.7 Å². The lowest BCUT2D eigenvalue weighted by Gasteiger charge is -2.08. The molecule has 2 rings (SSSR count). The summed E-state index contributed by atoms with van der Waals surface area (Å²) in [5, 5.41) is 9.52. The van der Waals surface area contributed by atoms with Gasteiger partial charge < -0.3 is 4.74 Å². The van der Waals surface area contributed by atoms with Crippen LogP contribution in [-0.2, 0) is 4.74 Å². The van der Waals surface area contributed by atoms with Gasteiger partial charge in [-0.1, -0.05) is 13.8 Å². The molecule has 2 aromatic rings. The first-order valence-electron chi connectivity index (χ1n) is 6.32. The summed E-state index contributed by atoms with van der Waals surface area (Å²) in [6.07, 6.45) is 0. The molecule has 0 bridgehead atoms. The van der Waals surface area contributed by atoms with Gasteiger partial charge in [0.2, 0.25) is 0 Å². The molecule has 20 heavy (non-hydrogen) atoms. The lowest BCUT2D eigenvalue weighted by molar-refractivity contribution is 0.0532. The Morgan fingerprint density at radius 3 is 2.75 bits per heavy atom. The Hall–Kier alpha value is -1.93. The first-order chi connectivity index (χ1) is 9.49. The predicted molar refractivity (Wildman–Crippen MR) is 76.5 cm³/mol. The summed E-state index contributed by atoms with van der Waals surface area (Å²) in [5.74, 6) is -0.874. The van der Waals surface area contributed by atoms with E-state index in [2.05, 4.69) is 6.07 Å². The number of fused-ring (bicyclic) bond motifs is 1. The second-order valence-corrected chi connectivity index (χ2v) is 5.72. The highest BCUT2D eigenvalue weighted by Gasteiger charge is 2.20. The third-order valence-electron chi connectivity index (χ3n) is 2.99. The molecule has 0 saturated heterocycles. The van der Waals surface area contributed by atoms with E-state index in [1.165, 1.54) is 6.07 Å². The van der Waals surface area contributed by atoms with Gasteiger partial charge in [0.15, 0.2) is 0 Å². The van der Waals surface area contributed by atoms with E-state index in [-0.39, 0.29) is 18.3 Å². The van der Waals surface area contributed by atoms with Crippen LogP contribution in [0.2, 0.25) is 0 Å². The van der Waals surface area contributed by atoms with E-state index in [1.54, 1.807) is 13.0 Å². The van der Waals surface area contributed by atoms with Crippen molar-refractivity contribution in [1.29, 1.82) is 5.26 Å². The van der Waals surface area contributed by atoms with E-state index >= 15 is 0 Å². The number of hydrogen-bond donors (Lipinski definition) is 0. The van der Waals surface area contributed by atoms with E-state index in [9.17, 15) is 14.4 Å². The Labute approximate surface area is 120 Å². The maximum absolute atomic E-state index is 14.4. The topological polar surface area (TPSA) is 50.1 Å². The summed E-state index contributed by atoms with van der Waals surface area (Å²) in [5.41, 5.74) is 0.882. The predicted octanol–water partition coefficient (Wildman–Crippen LogP) is 4.21. The van der Waals surface area contributed by atoms with E-state index in [0.29, 0.717) is 26.1 Å². The number of hydrogen-bond acceptors (Lipinski definition) is 4. The van der Waals surface area contributed by atoms with E-state index in [1.807, 2.05) is 13.8 Å².